The summed E-state index contributed by atoms with van der Waals surface area (Å²) in [6.45, 7) is 0.375. The molecule has 1 saturated carbocycles. The molecular weight excluding hydrogens is 613 g/mol. The Morgan fingerprint density at radius 3 is 2.58 bits per heavy atom. The van der Waals surface area contributed by atoms with Crippen LogP contribution in [0.25, 0.3) is 11.3 Å². The number of carbonyl (C=O) groups is 1. The Balaban J connectivity index is 1.46. The minimum absolute atomic E-state index is 0.0448. The molecule has 4 N–H and O–H groups in total. The Bertz CT molecular complexity index is 1380. The molecule has 1 heterocycles. The van der Waals surface area contributed by atoms with Gasteiger partial charge in [0.05, 0.1) is 23.7 Å². The van der Waals surface area contributed by atoms with E-state index in [-0.39, 0.29) is 17.9 Å². The number of halogens is 2. The number of aromatic nitrogens is 2. The number of nitrogen functional groups attached to an aromatic ring is 1. The maximum absolute atomic E-state index is 12.8. The topological polar surface area (TPSA) is 127 Å². The highest BCUT2D eigenvalue weighted by Crippen LogP contribution is 2.34. The number of sulfonamides is 1. The Kier molecular flexibility index (Phi) is 8.48. The van der Waals surface area contributed by atoms with Gasteiger partial charge in [-0.05, 0) is 78.1 Å². The van der Waals surface area contributed by atoms with Gasteiger partial charge in [-0.1, -0.05) is 29.8 Å². The van der Waals surface area contributed by atoms with Crippen molar-refractivity contribution in [2.45, 2.75) is 44.2 Å². The van der Waals surface area contributed by atoms with E-state index in [1.165, 1.54) is 6.26 Å². The zero-order valence-electron chi connectivity index (χ0n) is 19.7. The van der Waals surface area contributed by atoms with Crippen molar-refractivity contribution in [3.8, 4) is 11.3 Å². The van der Waals surface area contributed by atoms with Gasteiger partial charge in [-0.3, -0.25) is 4.79 Å². The molecule has 3 aromatic rings. The van der Waals surface area contributed by atoms with E-state index in [1.54, 1.807) is 18.3 Å². The van der Waals surface area contributed by atoms with E-state index in [4.69, 9.17) is 22.3 Å². The maximum Gasteiger partial charge on any atom is 0.252 e. The Morgan fingerprint density at radius 2 is 1.92 bits per heavy atom. The van der Waals surface area contributed by atoms with Crippen molar-refractivity contribution in [2.24, 2.45) is 0 Å². The van der Waals surface area contributed by atoms with Crippen molar-refractivity contribution in [3.05, 3.63) is 74.1 Å². The van der Waals surface area contributed by atoms with Gasteiger partial charge < -0.3 is 11.1 Å². The Hall–Kier alpha value is -2.28. The lowest BCUT2D eigenvalue weighted by atomic mass is 9.84. The molecule has 8 nitrogen and oxygen atoms in total. The van der Waals surface area contributed by atoms with Crippen LogP contribution < -0.4 is 15.8 Å². The van der Waals surface area contributed by atoms with Crippen LogP contribution in [0, 0.1) is 3.57 Å². The average molecular weight is 640 g/mol. The summed E-state index contributed by atoms with van der Waals surface area (Å²) < 4.78 is 26.5. The van der Waals surface area contributed by atoms with E-state index in [1.807, 2.05) is 30.3 Å². The van der Waals surface area contributed by atoms with Crippen molar-refractivity contribution in [1.82, 2.24) is 20.0 Å². The number of hydrogen-bond donors (Lipinski definition) is 3. The Morgan fingerprint density at radius 1 is 1.17 bits per heavy atom. The number of anilines is 1. The molecule has 1 aliphatic carbocycles. The quantitative estimate of drug-likeness (QED) is 0.327. The molecule has 1 amide bonds. The lowest BCUT2D eigenvalue weighted by Crippen LogP contribution is -2.36. The number of amides is 1. The van der Waals surface area contributed by atoms with Crippen LogP contribution in [0.3, 0.4) is 0 Å². The van der Waals surface area contributed by atoms with Crippen LogP contribution in [-0.4, -0.2) is 36.6 Å². The molecule has 1 fully saturated rings. The van der Waals surface area contributed by atoms with Crippen LogP contribution >= 0.6 is 34.2 Å². The van der Waals surface area contributed by atoms with E-state index in [9.17, 15) is 13.2 Å². The lowest BCUT2D eigenvalue weighted by Gasteiger charge is -2.28. The third kappa shape index (κ3) is 6.93. The van der Waals surface area contributed by atoms with E-state index in [0.717, 1.165) is 46.1 Å². The molecule has 36 heavy (non-hydrogen) atoms. The van der Waals surface area contributed by atoms with E-state index in [2.05, 4.69) is 37.6 Å². The lowest BCUT2D eigenvalue weighted by molar-refractivity contribution is 0.0950. The van der Waals surface area contributed by atoms with E-state index in [0.29, 0.717) is 28.6 Å². The SMILES string of the molecule is CS(=O)(=O)N[C@H]1CC[C@@H](c2cnc(N)c(-c3ccc(C(=O)NCc4cccc(Cl)c4)c(I)c3)n2)CC1. The number of nitrogens with zero attached hydrogens (tertiary/aromatic N) is 2. The second kappa shape index (κ2) is 11.4. The summed E-state index contributed by atoms with van der Waals surface area (Å²) in [5, 5.41) is 3.55. The normalized spacial score (nSPS) is 18.1. The van der Waals surface area contributed by atoms with Gasteiger partial charge in [0.25, 0.3) is 5.91 Å². The summed E-state index contributed by atoms with van der Waals surface area (Å²) in [6, 6.07) is 12.8. The van der Waals surface area contributed by atoms with Crippen molar-refractivity contribution < 1.29 is 13.2 Å². The third-order valence-corrected chi connectivity index (χ3v) is 8.06. The molecule has 0 radical (unpaired) electrons. The number of rotatable bonds is 7. The molecular formula is C25H27ClIN5O3S. The molecule has 0 aliphatic heterocycles. The van der Waals surface area contributed by atoms with Crippen LogP contribution in [0.5, 0.6) is 0 Å². The highest BCUT2D eigenvalue weighted by molar-refractivity contribution is 14.1. The summed E-state index contributed by atoms with van der Waals surface area (Å²) in [5.41, 5.74) is 9.85. The monoisotopic (exact) mass is 639 g/mol. The minimum Gasteiger partial charge on any atom is -0.382 e. The third-order valence-electron chi connectivity index (χ3n) is 6.17. The number of nitrogens with two attached hydrogens (primary N) is 1. The standard InChI is InChI=1S/C25H27ClIN5O3S/c1-36(34,35)32-19-8-5-16(6-9-19)22-14-29-24(28)23(31-22)17-7-10-20(21(27)12-17)25(33)30-13-15-3-2-4-18(26)11-15/h2-4,7,10-12,14,16,19,32H,5-6,8-9,13H2,1H3,(H2,28,29)(H,30,33)/t16-,19+. The fraction of sp³-hybridized carbons (Fsp3) is 0.320. The number of hydrogen-bond acceptors (Lipinski definition) is 6. The average Bonchev–Trinajstić information content (AvgIpc) is 2.82. The maximum atomic E-state index is 12.8. The molecule has 1 aliphatic rings. The number of benzene rings is 2. The summed E-state index contributed by atoms with van der Waals surface area (Å²) >= 11 is 8.16. The van der Waals surface area contributed by atoms with Crippen LogP contribution in [0.4, 0.5) is 5.82 Å². The molecule has 4 rings (SSSR count). The number of nitrogens with one attached hydrogen (secondary N) is 2. The molecule has 2 aromatic carbocycles. The molecule has 0 saturated heterocycles. The van der Waals surface area contributed by atoms with Gasteiger partial charge in [0.2, 0.25) is 10.0 Å². The van der Waals surface area contributed by atoms with Gasteiger partial charge >= 0.3 is 0 Å². The van der Waals surface area contributed by atoms with Crippen molar-refractivity contribution in [2.75, 3.05) is 12.0 Å². The van der Waals surface area contributed by atoms with Gasteiger partial charge in [0, 0.05) is 32.7 Å². The van der Waals surface area contributed by atoms with Gasteiger partial charge in [-0.2, -0.15) is 0 Å². The van der Waals surface area contributed by atoms with Gasteiger partial charge in [-0.25, -0.2) is 23.1 Å². The van der Waals surface area contributed by atoms with Crippen LogP contribution in [0.1, 0.15) is 53.2 Å². The summed E-state index contributed by atoms with van der Waals surface area (Å²) in [5.74, 6) is 0.323. The minimum atomic E-state index is -3.22. The van der Waals surface area contributed by atoms with Gasteiger partial charge in [0.15, 0.2) is 0 Å². The fourth-order valence-corrected chi connectivity index (χ4v) is 6.22. The molecule has 0 spiro atoms. The van der Waals surface area contributed by atoms with Gasteiger partial charge in [-0.15, -0.1) is 0 Å². The smallest absolute Gasteiger partial charge is 0.252 e. The van der Waals surface area contributed by atoms with E-state index < -0.39 is 10.0 Å². The summed E-state index contributed by atoms with van der Waals surface area (Å²) in [6.07, 6.45) is 6.01. The first-order valence-corrected chi connectivity index (χ1v) is 14.9. The predicted octanol–water partition coefficient (Wildman–Crippen LogP) is 4.49. The summed E-state index contributed by atoms with van der Waals surface area (Å²) in [7, 11) is -3.22. The zero-order chi connectivity index (χ0) is 25.9. The second-order valence-corrected chi connectivity index (χ2v) is 12.4. The molecule has 0 unspecified atom stereocenters. The highest BCUT2D eigenvalue weighted by atomic mass is 127. The predicted molar refractivity (Wildman–Crippen MR) is 150 cm³/mol. The second-order valence-electron chi connectivity index (χ2n) is 8.97. The molecule has 1 aromatic heterocycles. The first kappa shape index (κ1) is 26.8. The van der Waals surface area contributed by atoms with Crippen LogP contribution in [0.2, 0.25) is 5.02 Å². The van der Waals surface area contributed by atoms with Crippen LogP contribution in [0.15, 0.2) is 48.7 Å². The first-order chi connectivity index (χ1) is 17.1. The first-order valence-electron chi connectivity index (χ1n) is 11.5. The number of carbonyl (C=O) groups excluding carboxylic acids is 1. The van der Waals surface area contributed by atoms with E-state index >= 15 is 0 Å². The van der Waals surface area contributed by atoms with Crippen molar-refractivity contribution in [1.29, 1.82) is 0 Å². The van der Waals surface area contributed by atoms with Crippen molar-refractivity contribution >= 4 is 55.9 Å². The molecule has 190 valence electrons. The zero-order valence-corrected chi connectivity index (χ0v) is 23.4. The molecule has 0 bridgehead atoms. The van der Waals surface area contributed by atoms with Crippen molar-refractivity contribution in [3.63, 3.8) is 0 Å². The van der Waals surface area contributed by atoms with Crippen LogP contribution in [-0.2, 0) is 16.6 Å². The molecule has 11 heteroatoms. The summed E-state index contributed by atoms with van der Waals surface area (Å²) in [4.78, 5) is 22.0. The van der Waals surface area contributed by atoms with Gasteiger partial charge in [0.1, 0.15) is 11.5 Å². The highest BCUT2D eigenvalue weighted by Gasteiger charge is 2.26. The fourth-order valence-electron chi connectivity index (χ4n) is 4.40. The Labute approximate surface area is 229 Å². The largest absolute Gasteiger partial charge is 0.382 e. The molecule has 0 atom stereocenters.